The lowest BCUT2D eigenvalue weighted by Crippen LogP contribution is -1.81. The summed E-state index contributed by atoms with van der Waals surface area (Å²) in [4.78, 5) is 0. The van der Waals surface area contributed by atoms with E-state index in [0.29, 0.717) is 0 Å². The Morgan fingerprint density at radius 3 is 1.38 bits per heavy atom. The molecular formula is C34H18N2S. The van der Waals surface area contributed by atoms with Gasteiger partial charge in [-0.15, -0.1) is 11.3 Å². The van der Waals surface area contributed by atoms with Crippen LogP contribution in [0.5, 0.6) is 0 Å². The predicted molar refractivity (Wildman–Crippen MR) is 159 cm³/mol. The molecule has 10 aromatic rings. The highest BCUT2D eigenvalue weighted by atomic mass is 32.1. The highest BCUT2D eigenvalue weighted by Crippen LogP contribution is 2.45. The fourth-order valence-electron chi connectivity index (χ4n) is 6.98. The van der Waals surface area contributed by atoms with Crippen LogP contribution >= 0.6 is 11.3 Å². The van der Waals surface area contributed by atoms with E-state index < -0.39 is 0 Å². The molecule has 10 rings (SSSR count). The first kappa shape index (κ1) is 18.6. The number of nitrogens with zero attached hydrogens (tertiary/aromatic N) is 2. The molecule has 0 unspecified atom stereocenters. The Balaban J connectivity index is 1.41. The summed E-state index contributed by atoms with van der Waals surface area (Å²) in [6.07, 6.45) is 0. The van der Waals surface area contributed by atoms with Gasteiger partial charge in [-0.05, 0) is 65.0 Å². The lowest BCUT2D eigenvalue weighted by molar-refractivity contribution is 1.37. The summed E-state index contributed by atoms with van der Waals surface area (Å²) in [5.41, 5.74) is 10.4. The van der Waals surface area contributed by atoms with Gasteiger partial charge in [0.1, 0.15) is 0 Å². The predicted octanol–water partition coefficient (Wildman–Crippen LogP) is 9.72. The van der Waals surface area contributed by atoms with Crippen LogP contribution in [0.15, 0.2) is 109 Å². The molecule has 5 heterocycles. The molecule has 0 radical (unpaired) electrons. The molecule has 0 aliphatic heterocycles. The van der Waals surface area contributed by atoms with Gasteiger partial charge in [0, 0.05) is 37.7 Å². The Hall–Kier alpha value is -4.60. The molecule has 0 aliphatic carbocycles. The number of benzene rings is 5. The maximum Gasteiger partial charge on any atom is 0.0649 e. The Labute approximate surface area is 214 Å². The van der Waals surface area contributed by atoms with Gasteiger partial charge in [-0.3, -0.25) is 0 Å². The third-order valence-corrected chi connectivity index (χ3v) is 9.37. The molecular weight excluding hydrogens is 468 g/mol. The summed E-state index contributed by atoms with van der Waals surface area (Å²) < 4.78 is 6.29. The molecule has 0 fully saturated rings. The van der Waals surface area contributed by atoms with Crippen LogP contribution in [0.1, 0.15) is 0 Å². The number of fused-ring (bicyclic) bond motifs is 12. The highest BCUT2D eigenvalue weighted by Gasteiger charge is 2.21. The minimum Gasteiger partial charge on any atom is -0.308 e. The third-order valence-electron chi connectivity index (χ3n) is 8.44. The molecule has 0 spiro atoms. The lowest BCUT2D eigenvalue weighted by atomic mass is 9.97. The lowest BCUT2D eigenvalue weighted by Gasteiger charge is -2.06. The second-order valence-corrected chi connectivity index (χ2v) is 11.1. The van der Waals surface area contributed by atoms with Crippen LogP contribution in [0.3, 0.4) is 0 Å². The van der Waals surface area contributed by atoms with Crippen LogP contribution in [-0.2, 0) is 0 Å². The Kier molecular flexibility index (Phi) is 3.12. The van der Waals surface area contributed by atoms with Crippen molar-refractivity contribution in [3.8, 4) is 11.1 Å². The first-order chi connectivity index (χ1) is 18.4. The molecule has 5 aromatic carbocycles. The minimum atomic E-state index is 1.28. The van der Waals surface area contributed by atoms with Crippen molar-refractivity contribution in [2.75, 3.05) is 0 Å². The van der Waals surface area contributed by atoms with Crippen LogP contribution < -0.4 is 0 Å². The molecule has 0 N–H and O–H groups in total. The molecule has 0 amide bonds. The van der Waals surface area contributed by atoms with Crippen LogP contribution in [0, 0.1) is 0 Å². The summed E-state index contributed by atoms with van der Waals surface area (Å²) >= 11 is 1.85. The SMILES string of the molecule is c1ccc2c(c1)c1cc(-c3cc4c5ccccc5n5c6ccsc6c(c3)c45)cc3c4ccccc4n2c13. The fraction of sp³-hybridized carbons (Fsp3) is 0. The normalized spacial score (nSPS) is 12.9. The highest BCUT2D eigenvalue weighted by molar-refractivity contribution is 7.18. The summed E-state index contributed by atoms with van der Waals surface area (Å²) in [5.74, 6) is 0. The van der Waals surface area contributed by atoms with Crippen molar-refractivity contribution in [1.29, 1.82) is 0 Å². The van der Waals surface area contributed by atoms with Crippen molar-refractivity contribution in [3.63, 3.8) is 0 Å². The zero-order valence-electron chi connectivity index (χ0n) is 19.7. The summed E-state index contributed by atoms with van der Waals surface area (Å²) in [5, 5.41) is 11.5. The van der Waals surface area contributed by atoms with E-state index >= 15 is 0 Å². The first-order valence-corrected chi connectivity index (χ1v) is 13.6. The van der Waals surface area contributed by atoms with Crippen molar-refractivity contribution in [2.45, 2.75) is 0 Å². The smallest absolute Gasteiger partial charge is 0.0649 e. The van der Waals surface area contributed by atoms with E-state index in [-0.39, 0.29) is 0 Å². The van der Waals surface area contributed by atoms with E-state index in [4.69, 9.17) is 0 Å². The summed E-state index contributed by atoms with van der Waals surface area (Å²) in [6, 6.07) is 38.4. The Morgan fingerprint density at radius 2 is 0.838 bits per heavy atom. The number of rotatable bonds is 1. The average molecular weight is 487 g/mol. The zero-order chi connectivity index (χ0) is 23.8. The van der Waals surface area contributed by atoms with E-state index in [2.05, 4.69) is 117 Å². The molecule has 0 aliphatic rings. The topological polar surface area (TPSA) is 8.82 Å². The van der Waals surface area contributed by atoms with Gasteiger partial charge in [-0.25, -0.2) is 0 Å². The molecule has 0 bridgehead atoms. The van der Waals surface area contributed by atoms with Crippen LogP contribution in [0.2, 0.25) is 0 Å². The Morgan fingerprint density at radius 1 is 0.405 bits per heavy atom. The van der Waals surface area contributed by atoms with E-state index in [0.717, 1.165) is 0 Å². The number of para-hydroxylation sites is 3. The second-order valence-electron chi connectivity index (χ2n) is 10.2. The van der Waals surface area contributed by atoms with E-state index in [9.17, 15) is 0 Å². The van der Waals surface area contributed by atoms with Crippen LogP contribution in [0.4, 0.5) is 0 Å². The average Bonchev–Trinajstić information content (AvgIpc) is 3.74. The van der Waals surface area contributed by atoms with Crippen molar-refractivity contribution in [2.24, 2.45) is 0 Å². The van der Waals surface area contributed by atoms with Gasteiger partial charge < -0.3 is 8.80 Å². The standard InChI is InChI=1S/C34H18N2S/c1-4-10-28-21(7-1)24-15-19(16-25-22-8-2-5-11-29(22)35(28)32(24)25)20-17-26-23-9-3-6-12-30(23)36-31-13-14-37-34(31)27(18-20)33(26)36/h1-18H. The molecule has 5 aromatic heterocycles. The Bertz CT molecular complexity index is 2440. The summed E-state index contributed by atoms with van der Waals surface area (Å²) in [7, 11) is 0. The van der Waals surface area contributed by atoms with Gasteiger partial charge in [-0.1, -0.05) is 54.6 Å². The van der Waals surface area contributed by atoms with Crippen molar-refractivity contribution >= 4 is 86.8 Å². The van der Waals surface area contributed by atoms with Crippen LogP contribution in [-0.4, -0.2) is 8.80 Å². The first-order valence-electron chi connectivity index (χ1n) is 12.7. The molecule has 2 nitrogen and oxygen atoms in total. The minimum absolute atomic E-state index is 1.28. The third kappa shape index (κ3) is 2.07. The zero-order valence-corrected chi connectivity index (χ0v) is 20.5. The van der Waals surface area contributed by atoms with E-state index in [1.54, 1.807) is 0 Å². The van der Waals surface area contributed by atoms with Crippen molar-refractivity contribution < 1.29 is 0 Å². The molecule has 0 saturated carbocycles. The maximum absolute atomic E-state index is 2.46. The van der Waals surface area contributed by atoms with Gasteiger partial charge in [0.25, 0.3) is 0 Å². The molecule has 170 valence electrons. The second kappa shape index (κ2) is 6.20. The number of hydrogen-bond donors (Lipinski definition) is 0. The van der Waals surface area contributed by atoms with Gasteiger partial charge >= 0.3 is 0 Å². The van der Waals surface area contributed by atoms with Gasteiger partial charge in [0.15, 0.2) is 0 Å². The largest absolute Gasteiger partial charge is 0.308 e. The maximum atomic E-state index is 2.46. The quantitative estimate of drug-likeness (QED) is 0.218. The number of hydrogen-bond acceptors (Lipinski definition) is 1. The molecule has 0 atom stereocenters. The number of thiophene rings is 1. The summed E-state index contributed by atoms with van der Waals surface area (Å²) in [6.45, 7) is 0. The van der Waals surface area contributed by atoms with Crippen molar-refractivity contribution in [3.05, 3.63) is 109 Å². The monoisotopic (exact) mass is 486 g/mol. The van der Waals surface area contributed by atoms with Crippen molar-refractivity contribution in [1.82, 2.24) is 8.80 Å². The van der Waals surface area contributed by atoms with Gasteiger partial charge in [-0.2, -0.15) is 0 Å². The van der Waals surface area contributed by atoms with Gasteiger partial charge in [0.2, 0.25) is 0 Å². The van der Waals surface area contributed by atoms with E-state index in [1.807, 2.05) is 11.3 Å². The fourth-order valence-corrected chi connectivity index (χ4v) is 7.88. The van der Waals surface area contributed by atoms with Gasteiger partial charge in [0.05, 0.1) is 37.8 Å². The molecule has 3 heteroatoms. The number of aromatic nitrogens is 2. The molecule has 37 heavy (non-hydrogen) atoms. The molecule has 0 saturated heterocycles. The van der Waals surface area contributed by atoms with E-state index in [1.165, 1.54) is 86.6 Å². The van der Waals surface area contributed by atoms with Crippen LogP contribution in [0.25, 0.3) is 86.6 Å².